The van der Waals surface area contributed by atoms with Crippen molar-refractivity contribution in [1.82, 2.24) is 4.90 Å². The minimum Gasteiger partial charge on any atom is -0.409 e. The third kappa shape index (κ3) is 2.98. The van der Waals surface area contributed by atoms with Crippen LogP contribution in [-0.2, 0) is 11.3 Å². The first-order valence-corrected chi connectivity index (χ1v) is 4.83. The Balaban J connectivity index is 2.87. The zero-order valence-electron chi connectivity index (χ0n) is 9.34. The molecule has 0 fully saturated rings. The van der Waals surface area contributed by atoms with Crippen LogP contribution in [0.1, 0.15) is 18.1 Å². The number of nitrogens with zero attached hydrogens (tertiary/aromatic N) is 2. The number of oxime groups is 1. The Kier molecular flexibility index (Phi) is 3.88. The molecule has 0 aliphatic heterocycles. The number of amides is 1. The van der Waals surface area contributed by atoms with Crippen LogP contribution in [0.25, 0.3) is 0 Å². The molecule has 1 rings (SSSR count). The summed E-state index contributed by atoms with van der Waals surface area (Å²) < 4.78 is 0. The van der Waals surface area contributed by atoms with Gasteiger partial charge in [0.05, 0.1) is 0 Å². The van der Waals surface area contributed by atoms with Gasteiger partial charge in [-0.05, 0) is 11.6 Å². The Morgan fingerprint density at radius 1 is 1.56 bits per heavy atom. The smallest absolute Gasteiger partial charge is 0.219 e. The van der Waals surface area contributed by atoms with E-state index in [2.05, 4.69) is 5.16 Å². The van der Waals surface area contributed by atoms with Gasteiger partial charge in [-0.2, -0.15) is 0 Å². The molecule has 3 N–H and O–H groups in total. The van der Waals surface area contributed by atoms with Crippen molar-refractivity contribution in [2.75, 3.05) is 7.05 Å². The largest absolute Gasteiger partial charge is 0.409 e. The van der Waals surface area contributed by atoms with Crippen molar-refractivity contribution in [3.63, 3.8) is 0 Å². The van der Waals surface area contributed by atoms with Gasteiger partial charge in [0.25, 0.3) is 0 Å². The first-order valence-electron chi connectivity index (χ1n) is 4.83. The van der Waals surface area contributed by atoms with Crippen LogP contribution in [0.15, 0.2) is 29.4 Å². The third-order valence-corrected chi connectivity index (χ3v) is 2.29. The highest BCUT2D eigenvalue weighted by atomic mass is 16.4. The molecule has 16 heavy (non-hydrogen) atoms. The summed E-state index contributed by atoms with van der Waals surface area (Å²) in [6.45, 7) is 2.01. The summed E-state index contributed by atoms with van der Waals surface area (Å²) in [5.74, 6) is 0.0570. The Bertz CT molecular complexity index is 415. The van der Waals surface area contributed by atoms with Gasteiger partial charge in [-0.15, -0.1) is 0 Å². The van der Waals surface area contributed by atoms with E-state index < -0.39 is 0 Å². The van der Waals surface area contributed by atoms with Crippen molar-refractivity contribution in [2.45, 2.75) is 13.5 Å². The lowest BCUT2D eigenvalue weighted by atomic mass is 10.1. The average Bonchev–Trinajstić information content (AvgIpc) is 2.28. The van der Waals surface area contributed by atoms with Crippen molar-refractivity contribution in [3.05, 3.63) is 35.4 Å². The maximum Gasteiger partial charge on any atom is 0.219 e. The van der Waals surface area contributed by atoms with Gasteiger partial charge in [0.15, 0.2) is 5.84 Å². The monoisotopic (exact) mass is 221 g/mol. The Morgan fingerprint density at radius 2 is 2.25 bits per heavy atom. The summed E-state index contributed by atoms with van der Waals surface area (Å²) in [5, 5.41) is 11.5. The van der Waals surface area contributed by atoms with Gasteiger partial charge in [0.1, 0.15) is 0 Å². The summed E-state index contributed by atoms with van der Waals surface area (Å²) in [4.78, 5) is 12.6. The van der Waals surface area contributed by atoms with Gasteiger partial charge in [-0.1, -0.05) is 23.4 Å². The highest BCUT2D eigenvalue weighted by molar-refractivity contribution is 5.97. The van der Waals surface area contributed by atoms with E-state index >= 15 is 0 Å². The van der Waals surface area contributed by atoms with Crippen LogP contribution >= 0.6 is 0 Å². The van der Waals surface area contributed by atoms with E-state index in [1.165, 1.54) is 6.92 Å². The number of benzene rings is 1. The fourth-order valence-electron chi connectivity index (χ4n) is 1.27. The zero-order valence-corrected chi connectivity index (χ0v) is 9.34. The van der Waals surface area contributed by atoms with Gasteiger partial charge in [-0.25, -0.2) is 0 Å². The zero-order chi connectivity index (χ0) is 12.1. The minimum absolute atomic E-state index is 0.00537. The molecule has 0 saturated heterocycles. The van der Waals surface area contributed by atoms with Crippen LogP contribution < -0.4 is 5.73 Å². The number of hydrogen-bond acceptors (Lipinski definition) is 3. The number of hydrogen-bond donors (Lipinski definition) is 2. The summed E-state index contributed by atoms with van der Waals surface area (Å²) >= 11 is 0. The van der Waals surface area contributed by atoms with Crippen LogP contribution in [-0.4, -0.2) is 28.9 Å². The van der Waals surface area contributed by atoms with E-state index in [-0.39, 0.29) is 11.7 Å². The molecule has 0 radical (unpaired) electrons. The van der Waals surface area contributed by atoms with Gasteiger partial charge < -0.3 is 15.8 Å². The molecule has 1 amide bonds. The maximum atomic E-state index is 11.1. The van der Waals surface area contributed by atoms with E-state index in [0.29, 0.717) is 12.1 Å². The van der Waals surface area contributed by atoms with Gasteiger partial charge in [0, 0.05) is 26.1 Å². The van der Waals surface area contributed by atoms with Gasteiger partial charge >= 0.3 is 0 Å². The van der Waals surface area contributed by atoms with Crippen molar-refractivity contribution in [3.8, 4) is 0 Å². The van der Waals surface area contributed by atoms with E-state index in [1.54, 1.807) is 30.1 Å². The highest BCUT2D eigenvalue weighted by Gasteiger charge is 2.05. The molecule has 5 nitrogen and oxygen atoms in total. The third-order valence-electron chi connectivity index (χ3n) is 2.29. The summed E-state index contributed by atoms with van der Waals surface area (Å²) in [7, 11) is 1.72. The predicted molar refractivity (Wildman–Crippen MR) is 61.1 cm³/mol. The highest BCUT2D eigenvalue weighted by Crippen LogP contribution is 2.07. The van der Waals surface area contributed by atoms with Crippen LogP contribution in [0.4, 0.5) is 0 Å². The molecular weight excluding hydrogens is 206 g/mol. The van der Waals surface area contributed by atoms with Crippen molar-refractivity contribution in [1.29, 1.82) is 0 Å². The van der Waals surface area contributed by atoms with E-state index in [4.69, 9.17) is 10.9 Å². The predicted octanol–water partition coefficient (Wildman–Crippen LogP) is 0.759. The molecule has 0 heterocycles. The molecule has 0 aromatic heterocycles. The fraction of sp³-hybridized carbons (Fsp3) is 0.273. The van der Waals surface area contributed by atoms with Crippen molar-refractivity contribution >= 4 is 11.7 Å². The van der Waals surface area contributed by atoms with E-state index in [1.807, 2.05) is 6.07 Å². The Morgan fingerprint density at radius 3 is 2.81 bits per heavy atom. The fourth-order valence-corrected chi connectivity index (χ4v) is 1.27. The lowest BCUT2D eigenvalue weighted by Crippen LogP contribution is -2.23. The molecule has 86 valence electrons. The van der Waals surface area contributed by atoms with Crippen LogP contribution in [0, 0.1) is 0 Å². The second-order valence-corrected chi connectivity index (χ2v) is 3.56. The molecule has 0 atom stereocenters. The van der Waals surface area contributed by atoms with E-state index in [9.17, 15) is 4.79 Å². The van der Waals surface area contributed by atoms with Crippen molar-refractivity contribution < 1.29 is 10.0 Å². The molecule has 5 heteroatoms. The molecule has 0 unspecified atom stereocenters. The molecule has 1 aromatic carbocycles. The molecule has 0 aliphatic carbocycles. The van der Waals surface area contributed by atoms with Gasteiger partial charge in [0.2, 0.25) is 5.91 Å². The summed E-state index contributed by atoms with van der Waals surface area (Å²) in [6.07, 6.45) is 0. The molecule has 0 bridgehead atoms. The molecule has 0 spiro atoms. The standard InChI is InChI=1S/C11H15N3O2/c1-8(15)14(2)7-9-4-3-5-10(6-9)11(12)13-16/h3-6,16H,7H2,1-2H3,(H2,12,13). The normalized spacial score (nSPS) is 11.2. The topological polar surface area (TPSA) is 78.9 Å². The Labute approximate surface area is 94.2 Å². The Hall–Kier alpha value is -2.04. The SMILES string of the molecule is CC(=O)N(C)Cc1cccc(/C(N)=N/O)c1. The number of amidine groups is 1. The number of carbonyl (C=O) groups is 1. The minimum atomic E-state index is -0.00537. The molecule has 0 saturated carbocycles. The second kappa shape index (κ2) is 5.16. The lowest BCUT2D eigenvalue weighted by molar-refractivity contribution is -0.128. The summed E-state index contributed by atoms with van der Waals surface area (Å²) in [6, 6.07) is 7.21. The van der Waals surface area contributed by atoms with Crippen LogP contribution in [0.2, 0.25) is 0 Å². The number of rotatable bonds is 3. The summed E-state index contributed by atoms with van der Waals surface area (Å²) in [5.41, 5.74) is 7.04. The number of carbonyl (C=O) groups excluding carboxylic acids is 1. The molecule has 1 aromatic rings. The quantitative estimate of drug-likeness (QED) is 0.342. The van der Waals surface area contributed by atoms with E-state index in [0.717, 1.165) is 5.56 Å². The van der Waals surface area contributed by atoms with Crippen LogP contribution in [0.3, 0.4) is 0 Å². The first kappa shape index (κ1) is 12.0. The lowest BCUT2D eigenvalue weighted by Gasteiger charge is -2.15. The maximum absolute atomic E-state index is 11.1. The number of nitrogens with two attached hydrogens (primary N) is 1. The molecule has 0 aliphatic rings. The van der Waals surface area contributed by atoms with Crippen LogP contribution in [0.5, 0.6) is 0 Å². The average molecular weight is 221 g/mol. The molecular formula is C11H15N3O2. The second-order valence-electron chi connectivity index (χ2n) is 3.56. The first-order chi connectivity index (χ1) is 7.54. The van der Waals surface area contributed by atoms with Gasteiger partial charge in [-0.3, -0.25) is 4.79 Å². The van der Waals surface area contributed by atoms with Crippen molar-refractivity contribution in [2.24, 2.45) is 10.9 Å².